The van der Waals surface area contributed by atoms with E-state index in [0.717, 1.165) is 23.4 Å². The molecule has 0 radical (unpaired) electrons. The molecule has 0 fully saturated rings. The quantitative estimate of drug-likeness (QED) is 0.718. The van der Waals surface area contributed by atoms with E-state index in [1.165, 1.54) is 0 Å². The van der Waals surface area contributed by atoms with Crippen molar-refractivity contribution in [1.82, 2.24) is 0 Å². The van der Waals surface area contributed by atoms with E-state index in [1.54, 1.807) is 0 Å². The molecule has 4 N–H and O–H groups in total. The van der Waals surface area contributed by atoms with Crippen molar-refractivity contribution < 1.29 is 9.90 Å². The van der Waals surface area contributed by atoms with Crippen molar-refractivity contribution in [3.63, 3.8) is 0 Å². The minimum atomic E-state index is -0.522. The summed E-state index contributed by atoms with van der Waals surface area (Å²) in [6, 6.07) is 5.90. The molecule has 98 valence electrons. The second-order valence-corrected chi connectivity index (χ2v) is 4.66. The highest BCUT2D eigenvalue weighted by Gasteiger charge is 2.16. The molecule has 1 atom stereocenters. The maximum absolute atomic E-state index is 11.3. The standard InChI is InChI=1S/C13H19N3O2/c1-16(8-11(17)7-14)10-3-4-12-9(6-10)2-5-13(18)15-12/h3-4,6,11,17H,2,5,7-8,14H2,1H3,(H,15,18). The smallest absolute Gasteiger partial charge is 0.224 e. The van der Waals surface area contributed by atoms with Gasteiger partial charge in [-0.2, -0.15) is 0 Å². The fraction of sp³-hybridized carbons (Fsp3) is 0.462. The number of likely N-dealkylation sites (N-methyl/N-ethyl adjacent to an activating group) is 1. The lowest BCUT2D eigenvalue weighted by Crippen LogP contribution is -2.34. The minimum absolute atomic E-state index is 0.0714. The molecule has 2 rings (SSSR count). The first kappa shape index (κ1) is 12.9. The lowest BCUT2D eigenvalue weighted by Gasteiger charge is -2.24. The molecule has 0 bridgehead atoms. The fourth-order valence-electron chi connectivity index (χ4n) is 2.10. The number of fused-ring (bicyclic) bond motifs is 1. The average molecular weight is 249 g/mol. The van der Waals surface area contributed by atoms with Crippen LogP contribution in [0.5, 0.6) is 0 Å². The highest BCUT2D eigenvalue weighted by molar-refractivity contribution is 5.94. The van der Waals surface area contributed by atoms with Gasteiger partial charge in [-0.3, -0.25) is 4.79 Å². The van der Waals surface area contributed by atoms with Gasteiger partial charge in [-0.25, -0.2) is 0 Å². The Morgan fingerprint density at radius 1 is 1.50 bits per heavy atom. The van der Waals surface area contributed by atoms with E-state index in [1.807, 2.05) is 24.1 Å². The van der Waals surface area contributed by atoms with Crippen LogP contribution in [0.1, 0.15) is 12.0 Å². The van der Waals surface area contributed by atoms with Gasteiger partial charge in [0.15, 0.2) is 0 Å². The van der Waals surface area contributed by atoms with Gasteiger partial charge in [-0.05, 0) is 30.2 Å². The van der Waals surface area contributed by atoms with Gasteiger partial charge in [-0.1, -0.05) is 0 Å². The van der Waals surface area contributed by atoms with E-state index < -0.39 is 6.10 Å². The molecule has 5 heteroatoms. The zero-order chi connectivity index (χ0) is 13.1. The number of carbonyl (C=O) groups is 1. The molecule has 0 spiro atoms. The maximum atomic E-state index is 11.3. The van der Waals surface area contributed by atoms with E-state index in [-0.39, 0.29) is 12.5 Å². The van der Waals surface area contributed by atoms with E-state index in [4.69, 9.17) is 5.73 Å². The van der Waals surface area contributed by atoms with Crippen molar-refractivity contribution in [2.75, 3.05) is 30.4 Å². The van der Waals surface area contributed by atoms with Gasteiger partial charge in [0.2, 0.25) is 5.91 Å². The number of nitrogens with two attached hydrogens (primary N) is 1. The second kappa shape index (κ2) is 5.37. The second-order valence-electron chi connectivity index (χ2n) is 4.66. The molecule has 1 amide bonds. The number of benzene rings is 1. The maximum Gasteiger partial charge on any atom is 0.224 e. The SMILES string of the molecule is CN(CC(O)CN)c1ccc2c(c1)CCC(=O)N2. The van der Waals surface area contributed by atoms with Crippen LogP contribution in [0, 0.1) is 0 Å². The molecule has 1 heterocycles. The number of hydrogen-bond donors (Lipinski definition) is 3. The number of nitrogens with zero attached hydrogens (tertiary/aromatic N) is 1. The third-order valence-electron chi connectivity index (χ3n) is 3.18. The van der Waals surface area contributed by atoms with Crippen molar-refractivity contribution in [3.05, 3.63) is 23.8 Å². The summed E-state index contributed by atoms with van der Waals surface area (Å²) in [5.74, 6) is 0.0714. The number of aliphatic hydroxyl groups is 1. The lowest BCUT2D eigenvalue weighted by atomic mass is 10.0. The van der Waals surface area contributed by atoms with Crippen LogP contribution in [-0.2, 0) is 11.2 Å². The average Bonchev–Trinajstić information content (AvgIpc) is 2.37. The van der Waals surface area contributed by atoms with Gasteiger partial charge >= 0.3 is 0 Å². The molecule has 1 aromatic carbocycles. The first-order chi connectivity index (χ1) is 8.60. The van der Waals surface area contributed by atoms with Gasteiger partial charge in [0.25, 0.3) is 0 Å². The van der Waals surface area contributed by atoms with E-state index in [9.17, 15) is 9.90 Å². The van der Waals surface area contributed by atoms with Crippen LogP contribution in [0.2, 0.25) is 0 Å². The van der Waals surface area contributed by atoms with E-state index in [0.29, 0.717) is 13.0 Å². The summed E-state index contributed by atoms with van der Waals surface area (Å²) < 4.78 is 0. The number of nitrogens with one attached hydrogen (secondary N) is 1. The van der Waals surface area contributed by atoms with Gasteiger partial charge in [0, 0.05) is 37.9 Å². The fourth-order valence-corrected chi connectivity index (χ4v) is 2.10. The van der Waals surface area contributed by atoms with E-state index >= 15 is 0 Å². The number of rotatable bonds is 4. The van der Waals surface area contributed by atoms with Gasteiger partial charge in [0.1, 0.15) is 0 Å². The molecule has 5 nitrogen and oxygen atoms in total. The van der Waals surface area contributed by atoms with Crippen LogP contribution in [-0.4, -0.2) is 37.3 Å². The summed E-state index contributed by atoms with van der Waals surface area (Å²) in [5.41, 5.74) is 8.46. The van der Waals surface area contributed by atoms with Crippen LogP contribution in [0.25, 0.3) is 0 Å². The molecular formula is C13H19N3O2. The van der Waals surface area contributed by atoms with Crippen LogP contribution in [0.15, 0.2) is 18.2 Å². The number of aryl methyl sites for hydroxylation is 1. The zero-order valence-electron chi connectivity index (χ0n) is 10.5. The molecule has 0 aromatic heterocycles. The summed E-state index contributed by atoms with van der Waals surface area (Å²) in [5, 5.41) is 12.4. The first-order valence-corrected chi connectivity index (χ1v) is 6.12. The number of aliphatic hydroxyl groups excluding tert-OH is 1. The summed E-state index contributed by atoms with van der Waals surface area (Å²) in [6.45, 7) is 0.757. The summed E-state index contributed by atoms with van der Waals surface area (Å²) in [4.78, 5) is 13.2. The predicted molar refractivity (Wildman–Crippen MR) is 71.7 cm³/mol. The van der Waals surface area contributed by atoms with Crippen molar-refractivity contribution >= 4 is 17.3 Å². The number of carbonyl (C=O) groups excluding carboxylic acids is 1. The Morgan fingerprint density at radius 3 is 3.00 bits per heavy atom. The molecular weight excluding hydrogens is 230 g/mol. The predicted octanol–water partition coefficient (Wildman–Crippen LogP) is 0.327. The van der Waals surface area contributed by atoms with Crippen LogP contribution in [0.4, 0.5) is 11.4 Å². The Bertz CT molecular complexity index is 448. The monoisotopic (exact) mass is 249 g/mol. The van der Waals surface area contributed by atoms with Crippen molar-refractivity contribution in [1.29, 1.82) is 0 Å². The molecule has 0 aliphatic carbocycles. The van der Waals surface area contributed by atoms with Crippen molar-refractivity contribution in [2.24, 2.45) is 5.73 Å². The summed E-state index contributed by atoms with van der Waals surface area (Å²) in [7, 11) is 1.92. The topological polar surface area (TPSA) is 78.6 Å². The van der Waals surface area contributed by atoms with Crippen LogP contribution in [0.3, 0.4) is 0 Å². The van der Waals surface area contributed by atoms with Crippen LogP contribution >= 0.6 is 0 Å². The first-order valence-electron chi connectivity index (χ1n) is 6.12. The third-order valence-corrected chi connectivity index (χ3v) is 3.18. The molecule has 1 unspecified atom stereocenters. The number of amides is 1. The Hall–Kier alpha value is -1.59. The Kier molecular flexibility index (Phi) is 3.84. The molecule has 0 saturated heterocycles. The molecule has 0 saturated carbocycles. The summed E-state index contributed by atoms with van der Waals surface area (Å²) >= 11 is 0. The molecule has 18 heavy (non-hydrogen) atoms. The molecule has 1 aliphatic rings. The molecule has 1 aromatic rings. The Morgan fingerprint density at radius 2 is 2.28 bits per heavy atom. The highest BCUT2D eigenvalue weighted by Crippen LogP contribution is 2.27. The van der Waals surface area contributed by atoms with Crippen LogP contribution < -0.4 is 16.0 Å². The molecule has 1 aliphatic heterocycles. The number of anilines is 2. The normalized spacial score (nSPS) is 15.8. The van der Waals surface area contributed by atoms with Gasteiger partial charge < -0.3 is 21.1 Å². The largest absolute Gasteiger partial charge is 0.390 e. The van der Waals surface area contributed by atoms with Crippen molar-refractivity contribution in [2.45, 2.75) is 18.9 Å². The Balaban J connectivity index is 2.13. The van der Waals surface area contributed by atoms with Crippen molar-refractivity contribution in [3.8, 4) is 0 Å². The minimum Gasteiger partial charge on any atom is -0.390 e. The third kappa shape index (κ3) is 2.80. The highest BCUT2D eigenvalue weighted by atomic mass is 16.3. The zero-order valence-corrected chi connectivity index (χ0v) is 10.5. The van der Waals surface area contributed by atoms with Gasteiger partial charge in [-0.15, -0.1) is 0 Å². The Labute approximate surface area is 107 Å². The van der Waals surface area contributed by atoms with E-state index in [2.05, 4.69) is 11.4 Å². The lowest BCUT2D eigenvalue weighted by molar-refractivity contribution is -0.116. The number of hydrogen-bond acceptors (Lipinski definition) is 4. The van der Waals surface area contributed by atoms with Gasteiger partial charge in [0.05, 0.1) is 6.10 Å². The summed E-state index contributed by atoms with van der Waals surface area (Å²) in [6.07, 6.45) is 0.777.